The maximum Gasteiger partial charge on any atom is 0.229 e. The quantitative estimate of drug-likeness (QED) is 0.360. The van der Waals surface area contributed by atoms with Crippen molar-refractivity contribution in [2.45, 2.75) is 13.5 Å². The van der Waals surface area contributed by atoms with E-state index in [-0.39, 0.29) is 6.54 Å². The molecule has 4 rings (SSSR count). The van der Waals surface area contributed by atoms with Gasteiger partial charge in [0.2, 0.25) is 16.0 Å². The summed E-state index contributed by atoms with van der Waals surface area (Å²) in [7, 11) is -3.25. The number of anilines is 4. The third kappa shape index (κ3) is 5.13. The first-order valence-electron chi connectivity index (χ1n) is 9.34. The number of aromatic nitrogens is 3. The molecule has 2 aromatic heterocycles. The first-order valence-corrected chi connectivity index (χ1v) is 11.2. The lowest BCUT2D eigenvalue weighted by Crippen LogP contribution is -2.21. The highest BCUT2D eigenvalue weighted by molar-refractivity contribution is 7.88. The van der Waals surface area contributed by atoms with Crippen LogP contribution >= 0.6 is 0 Å². The Balaban J connectivity index is 1.48. The predicted molar refractivity (Wildman–Crippen MR) is 120 cm³/mol. The number of sulfonamides is 1. The van der Waals surface area contributed by atoms with Crippen molar-refractivity contribution in [3.05, 3.63) is 72.1 Å². The zero-order chi connectivity index (χ0) is 21.1. The molecule has 154 valence electrons. The van der Waals surface area contributed by atoms with Crippen LogP contribution in [0, 0.1) is 6.92 Å². The summed E-state index contributed by atoms with van der Waals surface area (Å²) in [5, 5.41) is 7.58. The molecule has 0 aliphatic carbocycles. The van der Waals surface area contributed by atoms with Gasteiger partial charge in [-0.2, -0.15) is 4.98 Å². The van der Waals surface area contributed by atoms with Gasteiger partial charge in [0, 0.05) is 40.7 Å². The van der Waals surface area contributed by atoms with E-state index in [9.17, 15) is 8.42 Å². The zero-order valence-corrected chi connectivity index (χ0v) is 17.4. The predicted octanol–water partition coefficient (Wildman–Crippen LogP) is 3.80. The van der Waals surface area contributed by atoms with Crippen LogP contribution in [0.1, 0.15) is 11.3 Å². The molecular weight excluding hydrogens is 400 g/mol. The van der Waals surface area contributed by atoms with Crippen LogP contribution in [0.5, 0.6) is 0 Å². The Hall–Kier alpha value is -3.43. The molecule has 2 aromatic carbocycles. The van der Waals surface area contributed by atoms with Gasteiger partial charge in [-0.05, 0) is 55.0 Å². The van der Waals surface area contributed by atoms with Crippen molar-refractivity contribution in [1.29, 1.82) is 0 Å². The Morgan fingerprint density at radius 1 is 1.00 bits per heavy atom. The van der Waals surface area contributed by atoms with Crippen LogP contribution in [-0.2, 0) is 16.6 Å². The highest BCUT2D eigenvalue weighted by Gasteiger charge is 2.05. The van der Waals surface area contributed by atoms with Crippen LogP contribution in [0.3, 0.4) is 0 Å². The van der Waals surface area contributed by atoms with Crippen LogP contribution in [-0.4, -0.2) is 29.6 Å². The fourth-order valence-corrected chi connectivity index (χ4v) is 3.52. The standard InChI is InChI=1S/C21H22N6O2S/c1-14-10-16-12-18(6-7-19(16)24-14)25-20-8-9-22-21(27-20)26-17-5-3-4-15(11-17)13-23-30(2,28)29/h3-12,23-24H,13H2,1-2H3,(H2,22,25,26,27). The first kappa shape index (κ1) is 19.9. The van der Waals surface area contributed by atoms with Gasteiger partial charge < -0.3 is 15.6 Å². The lowest BCUT2D eigenvalue weighted by Gasteiger charge is -2.10. The van der Waals surface area contributed by atoms with Gasteiger partial charge in [-0.1, -0.05) is 12.1 Å². The van der Waals surface area contributed by atoms with Crippen LogP contribution in [0.2, 0.25) is 0 Å². The molecule has 9 heteroatoms. The Bertz CT molecular complexity index is 1300. The van der Waals surface area contributed by atoms with Gasteiger partial charge in [0.25, 0.3) is 0 Å². The van der Waals surface area contributed by atoms with E-state index in [2.05, 4.69) is 42.4 Å². The topological polar surface area (TPSA) is 112 Å². The van der Waals surface area contributed by atoms with Crippen LogP contribution < -0.4 is 15.4 Å². The van der Waals surface area contributed by atoms with Crippen LogP contribution in [0.25, 0.3) is 10.9 Å². The molecule has 30 heavy (non-hydrogen) atoms. The number of hydrogen-bond acceptors (Lipinski definition) is 6. The molecule has 0 atom stereocenters. The minimum absolute atomic E-state index is 0.220. The number of hydrogen-bond donors (Lipinski definition) is 4. The van der Waals surface area contributed by atoms with Gasteiger partial charge >= 0.3 is 0 Å². The zero-order valence-electron chi connectivity index (χ0n) is 16.6. The van der Waals surface area contributed by atoms with Crippen molar-refractivity contribution in [2.24, 2.45) is 0 Å². The van der Waals surface area contributed by atoms with Gasteiger partial charge in [-0.25, -0.2) is 18.1 Å². The van der Waals surface area contributed by atoms with E-state index in [1.165, 1.54) is 0 Å². The minimum Gasteiger partial charge on any atom is -0.359 e. The fraction of sp³-hybridized carbons (Fsp3) is 0.143. The van der Waals surface area contributed by atoms with Gasteiger partial charge in [0.1, 0.15) is 5.82 Å². The molecule has 8 nitrogen and oxygen atoms in total. The molecule has 0 aliphatic rings. The molecule has 0 saturated heterocycles. The molecule has 4 N–H and O–H groups in total. The summed E-state index contributed by atoms with van der Waals surface area (Å²) >= 11 is 0. The third-order valence-electron chi connectivity index (χ3n) is 4.41. The number of aryl methyl sites for hydroxylation is 1. The number of nitrogens with one attached hydrogen (secondary N) is 4. The van der Waals surface area contributed by atoms with E-state index >= 15 is 0 Å². The van der Waals surface area contributed by atoms with Gasteiger partial charge in [0.05, 0.1) is 6.26 Å². The largest absolute Gasteiger partial charge is 0.359 e. The van der Waals surface area contributed by atoms with Gasteiger partial charge in [-0.15, -0.1) is 0 Å². The van der Waals surface area contributed by atoms with Crippen molar-refractivity contribution >= 4 is 44.1 Å². The molecule has 0 unspecified atom stereocenters. The number of rotatable bonds is 7. The number of nitrogens with zero attached hydrogens (tertiary/aromatic N) is 2. The first-order chi connectivity index (χ1) is 14.3. The summed E-state index contributed by atoms with van der Waals surface area (Å²) < 4.78 is 25.1. The third-order valence-corrected chi connectivity index (χ3v) is 5.07. The monoisotopic (exact) mass is 422 g/mol. The van der Waals surface area contributed by atoms with E-state index in [1.807, 2.05) is 43.3 Å². The second kappa shape index (κ2) is 8.13. The van der Waals surface area contributed by atoms with Crippen molar-refractivity contribution in [3.8, 4) is 0 Å². The minimum atomic E-state index is -3.25. The fourth-order valence-electron chi connectivity index (χ4n) is 3.09. The SMILES string of the molecule is Cc1cc2cc(Nc3ccnc(Nc4cccc(CNS(C)(=O)=O)c4)n3)ccc2[nH]1. The maximum absolute atomic E-state index is 11.3. The molecule has 0 fully saturated rings. The highest BCUT2D eigenvalue weighted by atomic mass is 32.2. The summed E-state index contributed by atoms with van der Waals surface area (Å²) in [6.07, 6.45) is 2.81. The van der Waals surface area contributed by atoms with Gasteiger partial charge in [-0.3, -0.25) is 0 Å². The summed E-state index contributed by atoms with van der Waals surface area (Å²) in [4.78, 5) is 12.1. The van der Waals surface area contributed by atoms with E-state index in [4.69, 9.17) is 0 Å². The lowest BCUT2D eigenvalue weighted by atomic mass is 10.2. The molecule has 0 bridgehead atoms. The van der Waals surface area contributed by atoms with Crippen molar-refractivity contribution in [2.75, 3.05) is 16.9 Å². The molecule has 0 saturated carbocycles. The van der Waals surface area contributed by atoms with E-state index in [0.29, 0.717) is 11.8 Å². The average Bonchev–Trinajstić information content (AvgIpc) is 3.06. The molecule has 0 aliphatic heterocycles. The Kier molecular flexibility index (Phi) is 5.39. The summed E-state index contributed by atoms with van der Waals surface area (Å²) in [5.41, 5.74) is 4.73. The smallest absolute Gasteiger partial charge is 0.229 e. The summed E-state index contributed by atoms with van der Waals surface area (Å²) in [6, 6.07) is 17.4. The molecule has 4 aromatic rings. The summed E-state index contributed by atoms with van der Waals surface area (Å²) in [5.74, 6) is 1.10. The van der Waals surface area contributed by atoms with E-state index in [0.717, 1.165) is 39.8 Å². The van der Waals surface area contributed by atoms with Crippen LogP contribution in [0.15, 0.2) is 60.8 Å². The second-order valence-corrected chi connectivity index (χ2v) is 8.90. The molecule has 0 radical (unpaired) electrons. The van der Waals surface area contributed by atoms with Crippen molar-refractivity contribution < 1.29 is 8.42 Å². The Morgan fingerprint density at radius 3 is 2.67 bits per heavy atom. The van der Waals surface area contributed by atoms with Gasteiger partial charge in [0.15, 0.2) is 0 Å². The van der Waals surface area contributed by atoms with E-state index in [1.54, 1.807) is 12.3 Å². The number of aromatic amines is 1. The molecular formula is C21H22N6O2S. The summed E-state index contributed by atoms with van der Waals surface area (Å²) in [6.45, 7) is 2.25. The number of fused-ring (bicyclic) bond motifs is 1. The Morgan fingerprint density at radius 2 is 1.83 bits per heavy atom. The highest BCUT2D eigenvalue weighted by Crippen LogP contribution is 2.23. The normalized spacial score (nSPS) is 11.5. The molecule has 0 spiro atoms. The second-order valence-electron chi connectivity index (χ2n) is 7.06. The lowest BCUT2D eigenvalue weighted by molar-refractivity contribution is 0.587. The Labute approximate surface area is 174 Å². The van der Waals surface area contributed by atoms with Crippen LogP contribution in [0.4, 0.5) is 23.1 Å². The molecule has 0 amide bonds. The van der Waals surface area contributed by atoms with E-state index < -0.39 is 10.0 Å². The van der Waals surface area contributed by atoms with Crippen molar-refractivity contribution in [3.63, 3.8) is 0 Å². The average molecular weight is 423 g/mol. The number of benzene rings is 2. The maximum atomic E-state index is 11.3. The number of H-pyrrole nitrogens is 1. The van der Waals surface area contributed by atoms with Crippen molar-refractivity contribution in [1.82, 2.24) is 19.7 Å². The molecule has 2 heterocycles.